The highest BCUT2D eigenvalue weighted by Crippen LogP contribution is 2.37. The Morgan fingerprint density at radius 3 is 2.81 bits per heavy atom. The maximum Gasteiger partial charge on any atom is 0.311 e. The van der Waals surface area contributed by atoms with Crippen molar-refractivity contribution in [1.29, 1.82) is 0 Å². The summed E-state index contributed by atoms with van der Waals surface area (Å²) in [4.78, 5) is 13.3. The Kier molecular flexibility index (Phi) is 2.86. The number of carboxylic acids is 1. The van der Waals surface area contributed by atoms with Gasteiger partial charge in [-0.15, -0.1) is 0 Å². The second-order valence-corrected chi connectivity index (χ2v) is 4.53. The molecule has 3 nitrogen and oxygen atoms in total. The first-order valence-corrected chi connectivity index (χ1v) is 5.63. The van der Waals surface area contributed by atoms with Crippen LogP contribution in [-0.4, -0.2) is 25.2 Å². The molecule has 0 radical (unpaired) electrons. The number of benzene rings is 1. The summed E-state index contributed by atoms with van der Waals surface area (Å²) in [5.74, 6) is -1.03. The minimum Gasteiger partial charge on any atom is -0.481 e. The van der Waals surface area contributed by atoms with E-state index in [2.05, 4.69) is 6.07 Å². The van der Waals surface area contributed by atoms with Crippen LogP contribution in [0, 0.1) is 0 Å². The van der Waals surface area contributed by atoms with Gasteiger partial charge in [-0.3, -0.25) is 4.79 Å². The van der Waals surface area contributed by atoms with Crippen molar-refractivity contribution in [3.8, 4) is 0 Å². The molecule has 0 heterocycles. The van der Waals surface area contributed by atoms with Crippen LogP contribution in [-0.2, 0) is 11.2 Å². The van der Waals surface area contributed by atoms with Crippen molar-refractivity contribution in [3.05, 3.63) is 29.3 Å². The van der Waals surface area contributed by atoms with Gasteiger partial charge in [-0.05, 0) is 36.5 Å². The van der Waals surface area contributed by atoms with E-state index in [-0.39, 0.29) is 5.92 Å². The van der Waals surface area contributed by atoms with Crippen molar-refractivity contribution in [2.45, 2.75) is 25.2 Å². The molecule has 1 aromatic rings. The zero-order valence-corrected chi connectivity index (χ0v) is 9.73. The quantitative estimate of drug-likeness (QED) is 0.829. The zero-order chi connectivity index (χ0) is 11.7. The van der Waals surface area contributed by atoms with E-state index in [1.807, 2.05) is 31.1 Å². The molecule has 0 amide bonds. The molecule has 2 rings (SSSR count). The lowest BCUT2D eigenvalue weighted by Gasteiger charge is -2.28. The summed E-state index contributed by atoms with van der Waals surface area (Å²) in [6, 6.07) is 6.07. The Labute approximate surface area is 95.7 Å². The average Bonchev–Trinajstić information content (AvgIpc) is 2.27. The maximum absolute atomic E-state index is 11.3. The number of rotatable bonds is 2. The molecular formula is C13H17NO2. The second kappa shape index (κ2) is 4.16. The van der Waals surface area contributed by atoms with Gasteiger partial charge < -0.3 is 10.0 Å². The first kappa shape index (κ1) is 11.0. The first-order valence-electron chi connectivity index (χ1n) is 5.63. The maximum atomic E-state index is 11.3. The van der Waals surface area contributed by atoms with E-state index in [0.717, 1.165) is 30.5 Å². The minimum absolute atomic E-state index is 0.331. The van der Waals surface area contributed by atoms with Crippen molar-refractivity contribution in [1.82, 2.24) is 0 Å². The number of aryl methyl sites for hydroxylation is 1. The number of aliphatic carboxylic acids is 1. The van der Waals surface area contributed by atoms with Crippen LogP contribution in [0.3, 0.4) is 0 Å². The molecule has 3 heteroatoms. The molecule has 1 atom stereocenters. The summed E-state index contributed by atoms with van der Waals surface area (Å²) in [6.07, 6.45) is 2.73. The van der Waals surface area contributed by atoms with Gasteiger partial charge in [-0.1, -0.05) is 12.1 Å². The first-order chi connectivity index (χ1) is 7.61. The summed E-state index contributed by atoms with van der Waals surface area (Å²) in [5.41, 5.74) is 3.26. The van der Waals surface area contributed by atoms with Gasteiger partial charge in [-0.25, -0.2) is 0 Å². The standard InChI is InChI=1S/C13H17NO2/c1-14(2)11-8-4-6-9-5-3-7-10(12(9)11)13(15)16/h4,6,8,10H,3,5,7H2,1-2H3,(H,15,16). The topological polar surface area (TPSA) is 40.5 Å². The Morgan fingerprint density at radius 1 is 1.44 bits per heavy atom. The van der Waals surface area contributed by atoms with Gasteiger partial charge in [0.1, 0.15) is 0 Å². The minimum atomic E-state index is -0.699. The normalized spacial score (nSPS) is 19.0. The third-order valence-corrected chi connectivity index (χ3v) is 3.24. The average molecular weight is 219 g/mol. The van der Waals surface area contributed by atoms with Crippen LogP contribution >= 0.6 is 0 Å². The third kappa shape index (κ3) is 1.77. The molecule has 0 aromatic heterocycles. The van der Waals surface area contributed by atoms with Crippen molar-refractivity contribution in [2.24, 2.45) is 0 Å². The van der Waals surface area contributed by atoms with Gasteiger partial charge in [-0.2, -0.15) is 0 Å². The highest BCUT2D eigenvalue weighted by molar-refractivity contribution is 5.80. The molecule has 0 saturated heterocycles. The Bertz CT molecular complexity index is 412. The highest BCUT2D eigenvalue weighted by atomic mass is 16.4. The largest absolute Gasteiger partial charge is 0.481 e. The fourth-order valence-corrected chi connectivity index (χ4v) is 2.50. The number of anilines is 1. The molecule has 0 spiro atoms. The smallest absolute Gasteiger partial charge is 0.311 e. The van der Waals surface area contributed by atoms with E-state index >= 15 is 0 Å². The summed E-state index contributed by atoms with van der Waals surface area (Å²) in [7, 11) is 3.92. The van der Waals surface area contributed by atoms with Crippen LogP contribution in [0.15, 0.2) is 18.2 Å². The molecule has 0 saturated carbocycles. The van der Waals surface area contributed by atoms with E-state index in [9.17, 15) is 9.90 Å². The Hall–Kier alpha value is -1.51. The number of hydrogen-bond acceptors (Lipinski definition) is 2. The van der Waals surface area contributed by atoms with Crippen LogP contribution in [0.1, 0.15) is 29.9 Å². The van der Waals surface area contributed by atoms with Crippen LogP contribution in [0.25, 0.3) is 0 Å². The van der Waals surface area contributed by atoms with Crippen molar-refractivity contribution >= 4 is 11.7 Å². The lowest BCUT2D eigenvalue weighted by molar-refractivity contribution is -0.139. The van der Waals surface area contributed by atoms with Crippen LogP contribution in [0.4, 0.5) is 5.69 Å². The fraction of sp³-hybridized carbons (Fsp3) is 0.462. The van der Waals surface area contributed by atoms with Gasteiger partial charge in [0.05, 0.1) is 5.92 Å². The van der Waals surface area contributed by atoms with E-state index < -0.39 is 5.97 Å². The highest BCUT2D eigenvalue weighted by Gasteiger charge is 2.28. The number of nitrogens with zero attached hydrogens (tertiary/aromatic N) is 1. The van der Waals surface area contributed by atoms with Crippen LogP contribution < -0.4 is 4.90 Å². The SMILES string of the molecule is CN(C)c1cccc2c1C(C(=O)O)CCC2. The summed E-state index contributed by atoms with van der Waals surface area (Å²) in [5, 5.41) is 9.27. The molecule has 1 N–H and O–H groups in total. The van der Waals surface area contributed by atoms with Gasteiger partial charge in [0.25, 0.3) is 0 Å². The summed E-state index contributed by atoms with van der Waals surface area (Å²) in [6.45, 7) is 0. The molecule has 1 aliphatic carbocycles. The molecule has 0 bridgehead atoms. The molecule has 1 aromatic carbocycles. The van der Waals surface area contributed by atoms with E-state index in [4.69, 9.17) is 0 Å². The summed E-state index contributed by atoms with van der Waals surface area (Å²) >= 11 is 0. The van der Waals surface area contributed by atoms with Gasteiger partial charge in [0, 0.05) is 19.8 Å². The number of carbonyl (C=O) groups is 1. The predicted octanol–water partition coefficient (Wildman–Crippen LogP) is 2.26. The van der Waals surface area contributed by atoms with Gasteiger partial charge in [0.15, 0.2) is 0 Å². The van der Waals surface area contributed by atoms with Crippen molar-refractivity contribution in [2.75, 3.05) is 19.0 Å². The van der Waals surface area contributed by atoms with Crippen molar-refractivity contribution < 1.29 is 9.90 Å². The lowest BCUT2D eigenvalue weighted by atomic mass is 9.81. The predicted molar refractivity (Wildman–Crippen MR) is 64.1 cm³/mol. The van der Waals surface area contributed by atoms with E-state index in [1.54, 1.807) is 0 Å². The lowest BCUT2D eigenvalue weighted by Crippen LogP contribution is -2.22. The van der Waals surface area contributed by atoms with E-state index in [0.29, 0.717) is 0 Å². The molecule has 1 unspecified atom stereocenters. The Morgan fingerprint density at radius 2 is 2.19 bits per heavy atom. The second-order valence-electron chi connectivity index (χ2n) is 4.53. The molecule has 1 aliphatic rings. The zero-order valence-electron chi connectivity index (χ0n) is 9.73. The molecule has 16 heavy (non-hydrogen) atoms. The summed E-state index contributed by atoms with van der Waals surface area (Å²) < 4.78 is 0. The monoisotopic (exact) mass is 219 g/mol. The van der Waals surface area contributed by atoms with Crippen LogP contribution in [0.2, 0.25) is 0 Å². The number of hydrogen-bond donors (Lipinski definition) is 1. The van der Waals surface area contributed by atoms with Gasteiger partial charge in [0.2, 0.25) is 0 Å². The third-order valence-electron chi connectivity index (χ3n) is 3.24. The van der Waals surface area contributed by atoms with E-state index in [1.165, 1.54) is 5.56 Å². The fourth-order valence-electron chi connectivity index (χ4n) is 2.50. The van der Waals surface area contributed by atoms with Crippen molar-refractivity contribution in [3.63, 3.8) is 0 Å². The molecular weight excluding hydrogens is 202 g/mol. The number of carboxylic acid groups (broad SMARTS) is 1. The Balaban J connectivity index is 2.55. The number of fused-ring (bicyclic) bond motifs is 1. The van der Waals surface area contributed by atoms with Gasteiger partial charge >= 0.3 is 5.97 Å². The van der Waals surface area contributed by atoms with Crippen LogP contribution in [0.5, 0.6) is 0 Å². The molecule has 0 aliphatic heterocycles. The molecule has 86 valence electrons. The molecule has 0 fully saturated rings.